The summed E-state index contributed by atoms with van der Waals surface area (Å²) in [6, 6.07) is 8.50. The number of aromatic amines is 1. The highest BCUT2D eigenvalue weighted by molar-refractivity contribution is 5.82. The summed E-state index contributed by atoms with van der Waals surface area (Å²) in [7, 11) is 0. The van der Waals surface area contributed by atoms with Crippen LogP contribution in [-0.4, -0.2) is 10.1 Å². The van der Waals surface area contributed by atoms with Gasteiger partial charge >= 0.3 is 0 Å². The quantitative estimate of drug-likeness (QED) is 0.747. The van der Waals surface area contributed by atoms with Gasteiger partial charge in [0.15, 0.2) is 0 Å². The molecule has 1 aliphatic carbocycles. The zero-order valence-corrected chi connectivity index (χ0v) is 13.0. The van der Waals surface area contributed by atoms with Gasteiger partial charge in [-0.3, -0.25) is 0 Å². The maximum absolute atomic E-state index is 8.84. The molecule has 1 aliphatic rings. The van der Waals surface area contributed by atoms with E-state index in [0.717, 1.165) is 12.8 Å². The van der Waals surface area contributed by atoms with Gasteiger partial charge < -0.3 is 10.1 Å². The van der Waals surface area contributed by atoms with Crippen molar-refractivity contribution >= 4 is 10.9 Å². The Morgan fingerprint density at radius 3 is 2.62 bits per heavy atom. The monoisotopic (exact) mass is 283 g/mol. The van der Waals surface area contributed by atoms with E-state index in [1.807, 2.05) is 6.08 Å². The lowest BCUT2D eigenvalue weighted by Gasteiger charge is -2.04. The number of benzene rings is 1. The highest BCUT2D eigenvalue weighted by atomic mass is 16.3. The Kier molecular flexibility index (Phi) is 5.68. The second kappa shape index (κ2) is 7.72. The first kappa shape index (κ1) is 15.4. The van der Waals surface area contributed by atoms with E-state index in [1.165, 1.54) is 41.3 Å². The van der Waals surface area contributed by atoms with Crippen LogP contribution in [0.2, 0.25) is 0 Å². The number of aliphatic hydroxyl groups excluding tert-OH is 1. The first-order valence-electron chi connectivity index (χ1n) is 7.81. The average molecular weight is 283 g/mol. The van der Waals surface area contributed by atoms with E-state index >= 15 is 0 Å². The summed E-state index contributed by atoms with van der Waals surface area (Å²) >= 11 is 0. The lowest BCUT2D eigenvalue weighted by Crippen LogP contribution is -1.88. The molecule has 21 heavy (non-hydrogen) atoms. The molecular weight excluding hydrogens is 258 g/mol. The number of aliphatic hydroxyl groups is 1. The molecule has 1 aromatic heterocycles. The number of unbranched alkanes of at least 4 members (excludes halogenated alkanes) is 1. The number of hydrogen-bond acceptors (Lipinski definition) is 1. The van der Waals surface area contributed by atoms with Crippen LogP contribution in [0.3, 0.4) is 0 Å². The Hall–Kier alpha value is -1.96. The van der Waals surface area contributed by atoms with E-state index < -0.39 is 0 Å². The molecule has 0 radical (unpaired) electrons. The zero-order chi connectivity index (χ0) is 15.1. The highest BCUT2D eigenvalue weighted by Crippen LogP contribution is 2.19. The molecule has 0 bridgehead atoms. The molecule has 0 atom stereocenters. The topological polar surface area (TPSA) is 36.0 Å². The fourth-order valence-electron chi connectivity index (χ4n) is 2.44. The van der Waals surface area contributed by atoms with Crippen LogP contribution >= 0.6 is 0 Å². The molecule has 0 spiro atoms. The molecule has 0 fully saturated rings. The van der Waals surface area contributed by atoms with E-state index in [1.54, 1.807) is 6.08 Å². The standard InChI is InChI=1S/C12H15N.C7H10O/c1-2-3-6-10-9-13-12-8-5-4-7-11(10)12;1-6-2-4-7(8)5-3-6/h4-5,7-9,13H,2-3,6H2,1H3;2,4,8H,3,5H2,1H3. The largest absolute Gasteiger partial charge is 0.512 e. The van der Waals surface area contributed by atoms with Gasteiger partial charge in [0.1, 0.15) is 0 Å². The van der Waals surface area contributed by atoms with E-state index in [4.69, 9.17) is 5.11 Å². The van der Waals surface area contributed by atoms with Crippen molar-refractivity contribution in [1.29, 1.82) is 0 Å². The summed E-state index contributed by atoms with van der Waals surface area (Å²) in [6.07, 6.45) is 11.4. The Morgan fingerprint density at radius 2 is 1.95 bits per heavy atom. The number of hydrogen-bond donors (Lipinski definition) is 2. The Morgan fingerprint density at radius 1 is 1.14 bits per heavy atom. The minimum absolute atomic E-state index is 0.510. The van der Waals surface area contributed by atoms with Crippen LogP contribution in [0, 0.1) is 0 Å². The SMILES string of the molecule is CC1=CC=C(O)CC1.CCCCc1c[nH]c2ccccc12. The molecule has 0 aliphatic heterocycles. The third-order valence-electron chi connectivity index (χ3n) is 3.81. The molecule has 0 amide bonds. The van der Waals surface area contributed by atoms with Crippen molar-refractivity contribution in [2.45, 2.75) is 46.0 Å². The molecule has 0 unspecified atom stereocenters. The van der Waals surface area contributed by atoms with Gasteiger partial charge in [0.2, 0.25) is 0 Å². The molecule has 2 heteroatoms. The highest BCUT2D eigenvalue weighted by Gasteiger charge is 2.00. The summed E-state index contributed by atoms with van der Waals surface area (Å²) < 4.78 is 0. The Labute approximate surface area is 127 Å². The number of fused-ring (bicyclic) bond motifs is 1. The predicted molar refractivity (Wildman–Crippen MR) is 90.6 cm³/mol. The summed E-state index contributed by atoms with van der Waals surface area (Å²) in [5, 5.41) is 10.2. The van der Waals surface area contributed by atoms with Gasteiger partial charge in [-0.1, -0.05) is 43.2 Å². The van der Waals surface area contributed by atoms with Crippen LogP contribution < -0.4 is 0 Å². The molecule has 2 nitrogen and oxygen atoms in total. The van der Waals surface area contributed by atoms with Crippen molar-refractivity contribution in [3.63, 3.8) is 0 Å². The third kappa shape index (κ3) is 4.52. The van der Waals surface area contributed by atoms with E-state index in [2.05, 4.69) is 49.3 Å². The van der Waals surface area contributed by atoms with Crippen LogP contribution in [0.1, 0.15) is 45.1 Å². The normalized spacial score (nSPS) is 14.2. The van der Waals surface area contributed by atoms with Gasteiger partial charge in [-0.05, 0) is 43.9 Å². The summed E-state index contributed by atoms with van der Waals surface area (Å²) in [5.74, 6) is 0.510. The maximum Gasteiger partial charge on any atom is 0.0925 e. The second-order valence-corrected chi connectivity index (χ2v) is 5.63. The van der Waals surface area contributed by atoms with Crippen molar-refractivity contribution in [3.8, 4) is 0 Å². The second-order valence-electron chi connectivity index (χ2n) is 5.63. The lowest BCUT2D eigenvalue weighted by molar-refractivity contribution is 0.386. The number of allylic oxidation sites excluding steroid dienone is 4. The van der Waals surface area contributed by atoms with Crippen LogP contribution in [0.25, 0.3) is 10.9 Å². The van der Waals surface area contributed by atoms with Crippen molar-refractivity contribution in [2.75, 3.05) is 0 Å². The van der Waals surface area contributed by atoms with Gasteiger partial charge in [0.25, 0.3) is 0 Å². The molecule has 3 rings (SSSR count). The summed E-state index contributed by atoms with van der Waals surface area (Å²) in [6.45, 7) is 4.30. The van der Waals surface area contributed by atoms with E-state index in [9.17, 15) is 0 Å². The van der Waals surface area contributed by atoms with Crippen molar-refractivity contribution in [1.82, 2.24) is 4.98 Å². The van der Waals surface area contributed by atoms with Gasteiger partial charge in [-0.2, -0.15) is 0 Å². The van der Waals surface area contributed by atoms with Crippen LogP contribution in [0.4, 0.5) is 0 Å². The number of rotatable bonds is 3. The summed E-state index contributed by atoms with van der Waals surface area (Å²) in [4.78, 5) is 3.30. The van der Waals surface area contributed by atoms with Gasteiger partial charge in [0, 0.05) is 23.5 Å². The number of para-hydroxylation sites is 1. The van der Waals surface area contributed by atoms with Crippen LogP contribution in [0.15, 0.2) is 53.9 Å². The fraction of sp³-hybridized carbons (Fsp3) is 0.368. The van der Waals surface area contributed by atoms with Gasteiger partial charge in [-0.25, -0.2) is 0 Å². The molecule has 112 valence electrons. The van der Waals surface area contributed by atoms with Crippen molar-refractivity contribution in [2.24, 2.45) is 0 Å². The average Bonchev–Trinajstić information content (AvgIpc) is 2.92. The molecule has 2 aromatic rings. The molecule has 1 heterocycles. The van der Waals surface area contributed by atoms with Crippen molar-refractivity contribution < 1.29 is 5.11 Å². The van der Waals surface area contributed by atoms with Crippen LogP contribution in [0.5, 0.6) is 0 Å². The van der Waals surface area contributed by atoms with Crippen LogP contribution in [-0.2, 0) is 6.42 Å². The number of aromatic nitrogens is 1. The number of aryl methyl sites for hydroxylation is 1. The van der Waals surface area contributed by atoms with Gasteiger partial charge in [0.05, 0.1) is 5.76 Å². The fourth-order valence-corrected chi connectivity index (χ4v) is 2.44. The summed E-state index contributed by atoms with van der Waals surface area (Å²) in [5.41, 5.74) is 4.06. The maximum atomic E-state index is 8.84. The first-order chi connectivity index (χ1) is 10.2. The van der Waals surface area contributed by atoms with E-state index in [-0.39, 0.29) is 0 Å². The van der Waals surface area contributed by atoms with Gasteiger partial charge in [-0.15, -0.1) is 0 Å². The predicted octanol–water partition coefficient (Wildman–Crippen LogP) is 5.68. The Bertz CT molecular complexity index is 616. The lowest BCUT2D eigenvalue weighted by atomic mass is 10.1. The first-order valence-corrected chi connectivity index (χ1v) is 7.81. The molecule has 2 N–H and O–H groups in total. The molecule has 1 aromatic carbocycles. The number of nitrogens with one attached hydrogen (secondary N) is 1. The molecule has 0 saturated heterocycles. The minimum Gasteiger partial charge on any atom is -0.512 e. The minimum atomic E-state index is 0.510. The number of H-pyrrole nitrogens is 1. The third-order valence-corrected chi connectivity index (χ3v) is 3.81. The zero-order valence-electron chi connectivity index (χ0n) is 13.0. The van der Waals surface area contributed by atoms with Crippen molar-refractivity contribution in [3.05, 3.63) is 59.5 Å². The smallest absolute Gasteiger partial charge is 0.0925 e. The van der Waals surface area contributed by atoms with E-state index in [0.29, 0.717) is 5.76 Å². The molecule has 0 saturated carbocycles. The Balaban J connectivity index is 0.000000173. The molecular formula is C19H25NO.